The van der Waals surface area contributed by atoms with Crippen molar-refractivity contribution >= 4 is 46.3 Å². The van der Waals surface area contributed by atoms with Crippen LogP contribution in [0.2, 0.25) is 5.02 Å². The molecule has 0 fully saturated rings. The minimum absolute atomic E-state index is 0.124. The van der Waals surface area contributed by atoms with Crippen molar-refractivity contribution in [1.82, 2.24) is 15.6 Å². The third-order valence-electron chi connectivity index (χ3n) is 5.25. The zero-order chi connectivity index (χ0) is 25.5. The summed E-state index contributed by atoms with van der Waals surface area (Å²) in [5, 5.41) is 24.2. The van der Waals surface area contributed by atoms with Crippen LogP contribution in [0.3, 0.4) is 0 Å². The lowest BCUT2D eigenvalue weighted by Crippen LogP contribution is -2.52. The van der Waals surface area contributed by atoms with Crippen molar-refractivity contribution in [3.05, 3.63) is 81.1 Å². The van der Waals surface area contributed by atoms with Gasteiger partial charge in [0.05, 0.1) is 0 Å². The number of hydrogen-bond acceptors (Lipinski definition) is 5. The molecule has 0 spiro atoms. The number of carbonyl (C=O) groups is 4. The van der Waals surface area contributed by atoms with E-state index in [1.54, 1.807) is 24.3 Å². The van der Waals surface area contributed by atoms with Gasteiger partial charge in [-0.05, 0) is 42.3 Å². The summed E-state index contributed by atoms with van der Waals surface area (Å²) in [5.74, 6) is -4.08. The minimum atomic E-state index is -1.48. The van der Waals surface area contributed by atoms with E-state index >= 15 is 0 Å². The van der Waals surface area contributed by atoms with E-state index in [-0.39, 0.29) is 18.4 Å². The number of carboxylic acid groups (broad SMARTS) is 2. The van der Waals surface area contributed by atoms with E-state index in [9.17, 15) is 29.1 Å². The Labute approximate surface area is 203 Å². The highest BCUT2D eigenvalue weighted by molar-refractivity contribution is 6.30. The van der Waals surface area contributed by atoms with Crippen LogP contribution < -0.4 is 16.2 Å². The summed E-state index contributed by atoms with van der Waals surface area (Å²) in [5.41, 5.74) is 0.789. The molecule has 35 heavy (non-hydrogen) atoms. The number of aromatic amines is 1. The molecule has 0 aliphatic carbocycles. The molecule has 0 saturated heterocycles. The second-order valence-electron chi connectivity index (χ2n) is 7.77. The molecule has 3 rings (SSSR count). The lowest BCUT2D eigenvalue weighted by Gasteiger charge is -2.22. The zero-order valence-corrected chi connectivity index (χ0v) is 19.0. The lowest BCUT2D eigenvalue weighted by atomic mass is 10.00. The van der Waals surface area contributed by atoms with Crippen LogP contribution in [0, 0.1) is 0 Å². The Morgan fingerprint density at radius 2 is 1.63 bits per heavy atom. The Bertz CT molecular complexity index is 1320. The van der Waals surface area contributed by atoms with Crippen molar-refractivity contribution < 1.29 is 29.4 Å². The molecule has 11 heteroatoms. The average Bonchev–Trinajstić information content (AvgIpc) is 2.81. The molecule has 1 aromatic heterocycles. The number of pyridine rings is 1. The van der Waals surface area contributed by atoms with Gasteiger partial charge in [0.25, 0.3) is 5.91 Å². The first-order chi connectivity index (χ1) is 16.6. The molecule has 2 aromatic carbocycles. The van der Waals surface area contributed by atoms with E-state index in [2.05, 4.69) is 15.6 Å². The maximum absolute atomic E-state index is 13.1. The Balaban J connectivity index is 1.92. The monoisotopic (exact) mass is 499 g/mol. The fraction of sp³-hybridized carbons (Fsp3) is 0.208. The van der Waals surface area contributed by atoms with Gasteiger partial charge in [0.1, 0.15) is 12.1 Å². The van der Waals surface area contributed by atoms with Gasteiger partial charge in [-0.25, -0.2) is 4.79 Å². The van der Waals surface area contributed by atoms with Crippen LogP contribution in [0.15, 0.2) is 59.4 Å². The van der Waals surface area contributed by atoms with Crippen LogP contribution in [0.25, 0.3) is 10.9 Å². The first kappa shape index (κ1) is 25.4. The Hall–Kier alpha value is -4.18. The largest absolute Gasteiger partial charge is 0.481 e. The highest BCUT2D eigenvalue weighted by atomic mass is 35.5. The van der Waals surface area contributed by atoms with Crippen LogP contribution in [0.4, 0.5) is 0 Å². The standard InChI is InChI=1S/C24H22ClN3O7/c25-15-7-5-13(6-8-15)22(32)28-19(23(33)27-18(24(34)35)9-10-21(30)31)11-14-12-20(29)26-17-4-2-1-3-16(14)17/h1-8,12,18-19H,9-11H2,(H,26,29)(H,27,33)(H,28,32)(H,30,31)(H,34,35). The molecule has 2 unspecified atom stereocenters. The number of aliphatic carboxylic acids is 2. The van der Waals surface area contributed by atoms with E-state index in [1.807, 2.05) is 0 Å². The number of hydrogen-bond donors (Lipinski definition) is 5. The SMILES string of the molecule is O=C(O)CCC(NC(=O)C(Cc1cc(=O)[nH]c2ccccc12)NC(=O)c1ccc(Cl)cc1)C(=O)O. The number of halogens is 1. The number of fused-ring (bicyclic) bond motifs is 1. The third-order valence-corrected chi connectivity index (χ3v) is 5.50. The van der Waals surface area contributed by atoms with Gasteiger partial charge in [-0.3, -0.25) is 19.2 Å². The fourth-order valence-corrected chi connectivity index (χ4v) is 3.64. The Morgan fingerprint density at radius 3 is 2.29 bits per heavy atom. The van der Waals surface area contributed by atoms with E-state index < -0.39 is 47.8 Å². The summed E-state index contributed by atoms with van der Waals surface area (Å²) in [6, 6.07) is 11.4. The molecular formula is C24H22ClN3O7. The first-order valence-corrected chi connectivity index (χ1v) is 10.9. The van der Waals surface area contributed by atoms with Crippen molar-refractivity contribution in [3.63, 3.8) is 0 Å². The zero-order valence-electron chi connectivity index (χ0n) is 18.3. The number of benzene rings is 2. The molecule has 5 N–H and O–H groups in total. The number of carboxylic acids is 2. The molecular weight excluding hydrogens is 478 g/mol. The number of para-hydroxylation sites is 1. The van der Waals surface area contributed by atoms with Crippen molar-refractivity contribution in [1.29, 1.82) is 0 Å². The molecule has 0 aliphatic heterocycles. The summed E-state index contributed by atoms with van der Waals surface area (Å²) >= 11 is 5.86. The number of aromatic nitrogens is 1. The molecule has 1 heterocycles. The molecule has 0 bridgehead atoms. The predicted octanol–water partition coefficient (Wildman–Crippen LogP) is 1.96. The van der Waals surface area contributed by atoms with Crippen molar-refractivity contribution in [3.8, 4) is 0 Å². The molecule has 0 aliphatic rings. The topological polar surface area (TPSA) is 166 Å². The maximum Gasteiger partial charge on any atom is 0.326 e. The van der Waals surface area contributed by atoms with Crippen LogP contribution in [0.5, 0.6) is 0 Å². The van der Waals surface area contributed by atoms with Crippen LogP contribution in [-0.4, -0.2) is 51.0 Å². The van der Waals surface area contributed by atoms with Gasteiger partial charge >= 0.3 is 11.9 Å². The molecule has 182 valence electrons. The number of carbonyl (C=O) groups excluding carboxylic acids is 2. The Kier molecular flexibility index (Phi) is 8.21. The summed E-state index contributed by atoms with van der Waals surface area (Å²) in [6.07, 6.45) is -0.944. The van der Waals surface area contributed by atoms with E-state index in [0.717, 1.165) is 0 Å². The quantitative estimate of drug-likeness (QED) is 0.284. The predicted molar refractivity (Wildman–Crippen MR) is 127 cm³/mol. The molecule has 0 saturated carbocycles. The maximum atomic E-state index is 13.1. The number of nitrogens with one attached hydrogen (secondary N) is 3. The van der Waals surface area contributed by atoms with Crippen molar-refractivity contribution in [2.24, 2.45) is 0 Å². The number of amides is 2. The van der Waals surface area contributed by atoms with E-state index in [4.69, 9.17) is 16.7 Å². The van der Waals surface area contributed by atoms with Gasteiger partial charge < -0.3 is 25.8 Å². The average molecular weight is 500 g/mol. The van der Waals surface area contributed by atoms with Crippen molar-refractivity contribution in [2.75, 3.05) is 0 Å². The summed E-state index contributed by atoms with van der Waals surface area (Å²) in [4.78, 5) is 63.2. The van der Waals surface area contributed by atoms with Gasteiger partial charge in [0.2, 0.25) is 11.5 Å². The highest BCUT2D eigenvalue weighted by Gasteiger charge is 2.28. The molecule has 2 amide bonds. The van der Waals surface area contributed by atoms with Crippen molar-refractivity contribution in [2.45, 2.75) is 31.3 Å². The van der Waals surface area contributed by atoms with Gasteiger partial charge in [-0.15, -0.1) is 0 Å². The fourth-order valence-electron chi connectivity index (χ4n) is 3.52. The summed E-state index contributed by atoms with van der Waals surface area (Å²) < 4.78 is 0. The van der Waals surface area contributed by atoms with E-state index in [1.165, 1.54) is 30.3 Å². The summed E-state index contributed by atoms with van der Waals surface area (Å²) in [7, 11) is 0. The Morgan fingerprint density at radius 1 is 0.943 bits per heavy atom. The van der Waals surface area contributed by atoms with Gasteiger partial charge in [-0.2, -0.15) is 0 Å². The summed E-state index contributed by atoms with van der Waals surface area (Å²) in [6.45, 7) is 0. The number of rotatable bonds is 10. The highest BCUT2D eigenvalue weighted by Crippen LogP contribution is 2.17. The van der Waals surface area contributed by atoms with Gasteiger partial charge in [0, 0.05) is 40.4 Å². The van der Waals surface area contributed by atoms with Crippen LogP contribution in [0.1, 0.15) is 28.8 Å². The van der Waals surface area contributed by atoms with Crippen LogP contribution >= 0.6 is 11.6 Å². The number of H-pyrrole nitrogens is 1. The van der Waals surface area contributed by atoms with Gasteiger partial charge in [0.15, 0.2) is 0 Å². The molecule has 2 atom stereocenters. The molecule has 3 aromatic rings. The second-order valence-corrected chi connectivity index (χ2v) is 8.21. The van der Waals surface area contributed by atoms with Crippen LogP contribution in [-0.2, 0) is 20.8 Å². The first-order valence-electron chi connectivity index (χ1n) is 10.6. The second kappa shape index (κ2) is 11.3. The van der Waals surface area contributed by atoms with E-state index in [0.29, 0.717) is 21.5 Å². The van der Waals surface area contributed by atoms with Gasteiger partial charge in [-0.1, -0.05) is 29.8 Å². The lowest BCUT2D eigenvalue weighted by molar-refractivity contribution is -0.143. The third kappa shape index (κ3) is 6.90. The normalized spacial score (nSPS) is 12.5. The smallest absolute Gasteiger partial charge is 0.326 e. The minimum Gasteiger partial charge on any atom is -0.481 e. The molecule has 0 radical (unpaired) electrons. The molecule has 10 nitrogen and oxygen atoms in total.